The molecule has 0 aliphatic carbocycles. The van der Waals surface area contributed by atoms with E-state index in [1.54, 1.807) is 0 Å². The maximum Gasteiger partial charge on any atom is 0.522 e. The Hall–Kier alpha value is -1.90. The van der Waals surface area contributed by atoms with Gasteiger partial charge in [0.15, 0.2) is 5.75 Å². The molecule has 1 rings (SSSR count). The van der Waals surface area contributed by atoms with Crippen molar-refractivity contribution in [2.45, 2.75) is 6.36 Å². The molecule has 0 amide bonds. The molecule has 0 saturated heterocycles. The molecule has 0 radical (unpaired) electrons. The van der Waals surface area contributed by atoms with Gasteiger partial charge in [-0.25, -0.2) is 4.39 Å². The van der Waals surface area contributed by atoms with E-state index in [0.717, 1.165) is 12.1 Å². The fourth-order valence-electron chi connectivity index (χ4n) is 1.06. The van der Waals surface area contributed by atoms with Crippen molar-refractivity contribution in [3.8, 4) is 5.75 Å². The third kappa shape index (κ3) is 4.53. The number of rotatable bonds is 5. The minimum absolute atomic E-state index is 0.453. The Labute approximate surface area is 98.1 Å². The van der Waals surface area contributed by atoms with Crippen LogP contribution in [-0.4, -0.2) is 24.5 Å². The maximum atomic E-state index is 12.8. The summed E-state index contributed by atoms with van der Waals surface area (Å²) in [6.07, 6.45) is -4.81. The lowest BCUT2D eigenvalue weighted by molar-refractivity contribution is -0.386. The van der Waals surface area contributed by atoms with Gasteiger partial charge in [0.05, 0.1) is 11.5 Å². The zero-order valence-corrected chi connectivity index (χ0v) is 8.74. The average Bonchev–Trinajstić information content (AvgIpc) is 2.22. The van der Waals surface area contributed by atoms with Gasteiger partial charge in [0, 0.05) is 12.1 Å². The predicted octanol–water partition coefficient (Wildman–Crippen LogP) is 2.65. The molecule has 0 aliphatic rings. The molecule has 1 aromatic carbocycles. The Balaban J connectivity index is 2.61. The molecule has 0 spiro atoms. The molecule has 1 aromatic rings. The van der Waals surface area contributed by atoms with Crippen molar-refractivity contribution in [2.75, 3.05) is 13.2 Å². The molecule has 0 atom stereocenters. The third-order valence-electron chi connectivity index (χ3n) is 1.73. The molecule has 0 aliphatic heterocycles. The maximum absolute atomic E-state index is 12.8. The number of hydrogen-bond donors (Lipinski definition) is 0. The smallest absolute Gasteiger partial charge is 0.484 e. The zero-order chi connectivity index (χ0) is 13.8. The highest BCUT2D eigenvalue weighted by Crippen LogP contribution is 2.27. The molecule has 0 unspecified atom stereocenters. The first-order valence-corrected chi connectivity index (χ1v) is 4.57. The van der Waals surface area contributed by atoms with E-state index in [1.165, 1.54) is 0 Å². The van der Waals surface area contributed by atoms with Gasteiger partial charge in [-0.1, -0.05) is 0 Å². The lowest BCUT2D eigenvalue weighted by Gasteiger charge is -2.09. The van der Waals surface area contributed by atoms with Crippen LogP contribution >= 0.6 is 0 Å². The lowest BCUT2D eigenvalue weighted by atomic mass is 10.3. The normalized spacial score (nSPS) is 11.3. The first-order chi connectivity index (χ1) is 8.29. The van der Waals surface area contributed by atoms with E-state index in [9.17, 15) is 27.7 Å². The van der Waals surface area contributed by atoms with E-state index < -0.39 is 41.8 Å². The molecule has 0 heterocycles. The summed E-state index contributed by atoms with van der Waals surface area (Å²) in [6.45, 7) is -1.44. The zero-order valence-electron chi connectivity index (χ0n) is 8.74. The molecule has 9 heteroatoms. The van der Waals surface area contributed by atoms with Gasteiger partial charge in [0.1, 0.15) is 12.4 Å². The van der Waals surface area contributed by atoms with Gasteiger partial charge in [-0.2, -0.15) is 0 Å². The van der Waals surface area contributed by atoms with Crippen LogP contribution in [0.5, 0.6) is 5.75 Å². The summed E-state index contributed by atoms with van der Waals surface area (Å²) < 4.78 is 55.7. The minimum Gasteiger partial charge on any atom is -0.484 e. The number of hydrogen-bond acceptors (Lipinski definition) is 4. The number of nitrogens with zero attached hydrogens (tertiary/aromatic N) is 1. The average molecular weight is 269 g/mol. The molecule has 0 N–H and O–H groups in total. The van der Waals surface area contributed by atoms with Crippen molar-refractivity contribution in [1.82, 2.24) is 0 Å². The highest BCUT2D eigenvalue weighted by molar-refractivity contribution is 5.46. The molecule has 0 fully saturated rings. The molecule has 5 nitrogen and oxygen atoms in total. The van der Waals surface area contributed by atoms with E-state index in [-0.39, 0.29) is 0 Å². The van der Waals surface area contributed by atoms with Crippen molar-refractivity contribution in [3.63, 3.8) is 0 Å². The van der Waals surface area contributed by atoms with Crippen LogP contribution in [0.15, 0.2) is 18.2 Å². The number of nitro benzene ring substituents is 1. The lowest BCUT2D eigenvalue weighted by Crippen LogP contribution is -2.18. The minimum atomic E-state index is -4.81. The largest absolute Gasteiger partial charge is 0.522 e. The van der Waals surface area contributed by atoms with Gasteiger partial charge >= 0.3 is 12.0 Å². The summed E-state index contributed by atoms with van der Waals surface area (Å²) in [5.74, 6) is -1.25. The van der Waals surface area contributed by atoms with Crippen molar-refractivity contribution < 1.29 is 32.0 Å². The summed E-state index contributed by atoms with van der Waals surface area (Å²) in [6, 6.07) is 2.41. The number of nitro groups is 1. The predicted molar refractivity (Wildman–Crippen MR) is 50.6 cm³/mol. The first-order valence-electron chi connectivity index (χ1n) is 4.57. The van der Waals surface area contributed by atoms with Crippen molar-refractivity contribution >= 4 is 5.69 Å². The summed E-state index contributed by atoms with van der Waals surface area (Å²) in [4.78, 5) is 9.68. The van der Waals surface area contributed by atoms with Crippen LogP contribution in [0.25, 0.3) is 0 Å². The Morgan fingerprint density at radius 1 is 1.28 bits per heavy atom. The van der Waals surface area contributed by atoms with Crippen LogP contribution in [-0.2, 0) is 4.74 Å². The van der Waals surface area contributed by atoms with Crippen LogP contribution in [0, 0.1) is 15.9 Å². The Morgan fingerprint density at radius 3 is 2.50 bits per heavy atom. The van der Waals surface area contributed by atoms with Crippen LogP contribution in [0.1, 0.15) is 0 Å². The van der Waals surface area contributed by atoms with Gasteiger partial charge in [-0.15, -0.1) is 13.2 Å². The second-order valence-electron chi connectivity index (χ2n) is 3.01. The summed E-state index contributed by atoms with van der Waals surface area (Å²) >= 11 is 0. The fourth-order valence-corrected chi connectivity index (χ4v) is 1.06. The van der Waals surface area contributed by atoms with Crippen LogP contribution in [0.2, 0.25) is 0 Å². The topological polar surface area (TPSA) is 61.6 Å². The molecular weight excluding hydrogens is 262 g/mol. The van der Waals surface area contributed by atoms with Crippen molar-refractivity contribution in [1.29, 1.82) is 0 Å². The number of alkyl halides is 3. The highest BCUT2D eigenvalue weighted by atomic mass is 19.4. The van der Waals surface area contributed by atoms with Gasteiger partial charge in [-0.05, 0) is 6.07 Å². The molecule has 18 heavy (non-hydrogen) atoms. The summed E-state index contributed by atoms with van der Waals surface area (Å²) in [7, 11) is 0. The molecule has 0 aromatic heterocycles. The number of benzene rings is 1. The first kappa shape index (κ1) is 14.2. The van der Waals surface area contributed by atoms with E-state index >= 15 is 0 Å². The number of halogens is 4. The summed E-state index contributed by atoms with van der Waals surface area (Å²) in [5.41, 5.74) is -0.539. The van der Waals surface area contributed by atoms with Crippen molar-refractivity contribution in [2.24, 2.45) is 0 Å². The van der Waals surface area contributed by atoms with E-state index in [0.29, 0.717) is 6.07 Å². The van der Waals surface area contributed by atoms with Crippen molar-refractivity contribution in [3.05, 3.63) is 34.1 Å². The van der Waals surface area contributed by atoms with E-state index in [1.807, 2.05) is 0 Å². The Morgan fingerprint density at radius 2 is 1.94 bits per heavy atom. The van der Waals surface area contributed by atoms with Crippen LogP contribution in [0.4, 0.5) is 23.2 Å². The quantitative estimate of drug-likeness (QED) is 0.357. The molecule has 0 saturated carbocycles. The summed E-state index contributed by atoms with van der Waals surface area (Å²) in [5, 5.41) is 10.5. The van der Waals surface area contributed by atoms with Gasteiger partial charge in [0.2, 0.25) is 0 Å². The fraction of sp³-hybridized carbons (Fsp3) is 0.333. The van der Waals surface area contributed by atoms with E-state index in [4.69, 9.17) is 0 Å². The highest BCUT2D eigenvalue weighted by Gasteiger charge is 2.28. The monoisotopic (exact) mass is 269 g/mol. The second-order valence-corrected chi connectivity index (χ2v) is 3.01. The van der Waals surface area contributed by atoms with Crippen LogP contribution < -0.4 is 4.74 Å². The Bertz CT molecular complexity index is 435. The standard InChI is InChI=1S/C9H7F4NO4/c10-6-1-2-7(14(15)16)8(5-6)17-3-4-18-9(11,12)13/h1-2,5H,3-4H2. The van der Waals surface area contributed by atoms with Gasteiger partial charge < -0.3 is 4.74 Å². The SMILES string of the molecule is O=[N+]([O-])c1ccc(F)cc1OCCOC(F)(F)F. The molecule has 0 bridgehead atoms. The molecular formula is C9H7F4NO4. The Kier molecular flexibility index (Phi) is 4.43. The van der Waals surface area contributed by atoms with Crippen LogP contribution in [0.3, 0.4) is 0 Å². The molecule has 100 valence electrons. The van der Waals surface area contributed by atoms with E-state index in [2.05, 4.69) is 9.47 Å². The van der Waals surface area contributed by atoms with Gasteiger partial charge in [-0.3, -0.25) is 14.9 Å². The number of ether oxygens (including phenoxy) is 2. The van der Waals surface area contributed by atoms with Gasteiger partial charge in [0.25, 0.3) is 0 Å². The second kappa shape index (κ2) is 5.63. The third-order valence-corrected chi connectivity index (χ3v) is 1.73.